The fourth-order valence-electron chi connectivity index (χ4n) is 2.73. The molecule has 0 aliphatic heterocycles. The first-order valence-electron chi connectivity index (χ1n) is 6.68. The van der Waals surface area contributed by atoms with Crippen LogP contribution in [-0.2, 0) is 11.3 Å². The summed E-state index contributed by atoms with van der Waals surface area (Å²) in [6.07, 6.45) is 0. The summed E-state index contributed by atoms with van der Waals surface area (Å²) < 4.78 is 1.60. The first-order valence-corrected chi connectivity index (χ1v) is 7.05. The molecule has 3 rings (SSSR count). The van der Waals surface area contributed by atoms with Gasteiger partial charge in [-0.3, -0.25) is 9.59 Å². The molecular formula is C16H13ClN2O3. The van der Waals surface area contributed by atoms with E-state index < -0.39 is 5.97 Å². The van der Waals surface area contributed by atoms with E-state index in [0.717, 1.165) is 0 Å². The third-order valence-corrected chi connectivity index (χ3v) is 3.94. The molecule has 0 fully saturated rings. The van der Waals surface area contributed by atoms with Crippen LogP contribution >= 0.6 is 11.6 Å². The molecule has 0 bridgehead atoms. The van der Waals surface area contributed by atoms with Crippen LogP contribution in [0.4, 0.5) is 5.69 Å². The maximum atomic E-state index is 12.7. The molecule has 0 radical (unpaired) electrons. The number of nitrogens with one attached hydrogen (secondary N) is 1. The van der Waals surface area contributed by atoms with Crippen LogP contribution in [0.5, 0.6) is 0 Å². The zero-order valence-electron chi connectivity index (χ0n) is 11.8. The Morgan fingerprint density at radius 3 is 2.64 bits per heavy atom. The topological polar surface area (TPSA) is 71.3 Å². The van der Waals surface area contributed by atoms with Gasteiger partial charge < -0.3 is 15.0 Å². The standard InChI is InChI=1S/C16H13ClN2O3/c1-18-14-11(17)7-6-10-15(14)19(8-13(20)21)12-5-3-2-4-9(12)16(10)22/h2-7,18H,8H2,1H3,(H,20,21). The average molecular weight is 317 g/mol. The normalized spacial score (nSPS) is 11.0. The van der Waals surface area contributed by atoms with E-state index in [2.05, 4.69) is 5.32 Å². The Hall–Kier alpha value is -2.53. The number of pyridine rings is 1. The quantitative estimate of drug-likeness (QED) is 0.729. The summed E-state index contributed by atoms with van der Waals surface area (Å²) in [6.45, 7) is -0.258. The Bertz CT molecular complexity index is 963. The van der Waals surface area contributed by atoms with Crippen molar-refractivity contribution in [2.75, 3.05) is 12.4 Å². The van der Waals surface area contributed by atoms with E-state index in [4.69, 9.17) is 11.6 Å². The van der Waals surface area contributed by atoms with Crippen LogP contribution in [0.1, 0.15) is 0 Å². The summed E-state index contributed by atoms with van der Waals surface area (Å²) in [7, 11) is 1.69. The fraction of sp³-hybridized carbons (Fsp3) is 0.125. The lowest BCUT2D eigenvalue weighted by Gasteiger charge is -2.17. The number of fused-ring (bicyclic) bond motifs is 2. The number of aliphatic carboxylic acids is 1. The number of nitrogens with zero attached hydrogens (tertiary/aromatic N) is 1. The smallest absolute Gasteiger partial charge is 0.323 e. The number of hydrogen-bond donors (Lipinski definition) is 2. The number of anilines is 1. The second-order valence-corrected chi connectivity index (χ2v) is 5.30. The van der Waals surface area contributed by atoms with Crippen LogP contribution in [0.2, 0.25) is 5.02 Å². The van der Waals surface area contributed by atoms with E-state index in [9.17, 15) is 14.7 Å². The van der Waals surface area contributed by atoms with Crippen molar-refractivity contribution in [1.82, 2.24) is 4.57 Å². The molecule has 5 nitrogen and oxygen atoms in total. The molecule has 1 heterocycles. The highest BCUT2D eigenvalue weighted by atomic mass is 35.5. The van der Waals surface area contributed by atoms with E-state index in [1.165, 1.54) is 0 Å². The maximum Gasteiger partial charge on any atom is 0.323 e. The van der Waals surface area contributed by atoms with Crippen LogP contribution in [0.3, 0.4) is 0 Å². The fourth-order valence-corrected chi connectivity index (χ4v) is 2.98. The van der Waals surface area contributed by atoms with Crippen LogP contribution in [0.15, 0.2) is 41.2 Å². The summed E-state index contributed by atoms with van der Waals surface area (Å²) in [5.74, 6) is -0.989. The second-order valence-electron chi connectivity index (χ2n) is 4.89. The molecule has 0 aliphatic rings. The minimum absolute atomic E-state index is 0.139. The minimum Gasteiger partial charge on any atom is -0.480 e. The number of hydrogen-bond acceptors (Lipinski definition) is 3. The summed E-state index contributed by atoms with van der Waals surface area (Å²) in [4.78, 5) is 23.9. The summed E-state index contributed by atoms with van der Waals surface area (Å²) in [6, 6.07) is 10.2. The lowest BCUT2D eigenvalue weighted by Crippen LogP contribution is -2.17. The van der Waals surface area contributed by atoms with Gasteiger partial charge in [0, 0.05) is 17.8 Å². The van der Waals surface area contributed by atoms with Crippen LogP contribution < -0.4 is 10.7 Å². The van der Waals surface area contributed by atoms with Crippen LogP contribution in [-0.4, -0.2) is 22.7 Å². The van der Waals surface area contributed by atoms with Crippen molar-refractivity contribution in [2.24, 2.45) is 0 Å². The number of rotatable bonds is 3. The van der Waals surface area contributed by atoms with Gasteiger partial charge in [0.1, 0.15) is 6.54 Å². The highest BCUT2D eigenvalue weighted by Gasteiger charge is 2.16. The highest BCUT2D eigenvalue weighted by molar-refractivity contribution is 6.34. The largest absolute Gasteiger partial charge is 0.480 e. The van der Waals surface area contributed by atoms with Crippen molar-refractivity contribution in [3.8, 4) is 0 Å². The van der Waals surface area contributed by atoms with E-state index >= 15 is 0 Å². The molecule has 112 valence electrons. The predicted molar refractivity (Wildman–Crippen MR) is 87.9 cm³/mol. The molecule has 6 heteroatoms. The number of carbonyl (C=O) groups is 1. The van der Waals surface area contributed by atoms with Gasteiger partial charge in [0.25, 0.3) is 0 Å². The summed E-state index contributed by atoms with van der Waals surface area (Å²) in [5.41, 5.74) is 1.48. The number of para-hydroxylation sites is 1. The van der Waals surface area contributed by atoms with Crippen molar-refractivity contribution in [3.63, 3.8) is 0 Å². The Kier molecular flexibility index (Phi) is 3.50. The lowest BCUT2D eigenvalue weighted by atomic mass is 10.1. The summed E-state index contributed by atoms with van der Waals surface area (Å²) >= 11 is 6.19. The Morgan fingerprint density at radius 1 is 1.23 bits per heavy atom. The zero-order chi connectivity index (χ0) is 15.9. The molecule has 2 aromatic carbocycles. The Balaban J connectivity index is 2.62. The second kappa shape index (κ2) is 5.35. The van der Waals surface area contributed by atoms with Gasteiger partial charge in [-0.1, -0.05) is 23.7 Å². The number of benzene rings is 2. The molecule has 0 aliphatic carbocycles. The van der Waals surface area contributed by atoms with Crippen LogP contribution in [0.25, 0.3) is 21.8 Å². The molecule has 0 saturated carbocycles. The third kappa shape index (κ3) is 2.10. The number of carboxylic acids is 1. The Morgan fingerprint density at radius 2 is 1.95 bits per heavy atom. The van der Waals surface area contributed by atoms with Crippen LogP contribution in [0, 0.1) is 0 Å². The van der Waals surface area contributed by atoms with Gasteiger partial charge in [-0.05, 0) is 24.3 Å². The van der Waals surface area contributed by atoms with Crippen molar-refractivity contribution >= 4 is 45.1 Å². The number of carboxylic acid groups (broad SMARTS) is 1. The van der Waals surface area contributed by atoms with E-state index in [1.807, 2.05) is 0 Å². The first-order chi connectivity index (χ1) is 10.5. The number of halogens is 1. The van der Waals surface area contributed by atoms with Gasteiger partial charge >= 0.3 is 5.97 Å². The van der Waals surface area contributed by atoms with Crippen molar-refractivity contribution in [1.29, 1.82) is 0 Å². The molecule has 3 aromatic rings. The molecule has 0 amide bonds. The van der Waals surface area contributed by atoms with Gasteiger partial charge in [-0.2, -0.15) is 0 Å². The molecule has 0 atom stereocenters. The van der Waals surface area contributed by atoms with Crippen molar-refractivity contribution in [3.05, 3.63) is 51.6 Å². The van der Waals surface area contributed by atoms with E-state index in [-0.39, 0.29) is 12.0 Å². The zero-order valence-corrected chi connectivity index (χ0v) is 12.5. The predicted octanol–water partition coefficient (Wildman–Crippen LogP) is 2.93. The molecule has 22 heavy (non-hydrogen) atoms. The van der Waals surface area contributed by atoms with Crippen molar-refractivity contribution < 1.29 is 9.90 Å². The first kappa shape index (κ1) is 14.4. The van der Waals surface area contributed by atoms with Crippen molar-refractivity contribution in [2.45, 2.75) is 6.54 Å². The molecule has 2 N–H and O–H groups in total. The maximum absolute atomic E-state index is 12.7. The van der Waals surface area contributed by atoms with Gasteiger partial charge in [-0.25, -0.2) is 0 Å². The average Bonchev–Trinajstić information content (AvgIpc) is 2.51. The number of aromatic nitrogens is 1. The molecule has 0 saturated heterocycles. The van der Waals surface area contributed by atoms with Gasteiger partial charge in [0.15, 0.2) is 5.43 Å². The third-order valence-electron chi connectivity index (χ3n) is 3.62. The SMILES string of the molecule is CNc1c(Cl)ccc2c(=O)c3ccccc3n(CC(=O)O)c12. The monoisotopic (exact) mass is 316 g/mol. The molecule has 0 unspecified atom stereocenters. The molecule has 0 spiro atoms. The van der Waals surface area contributed by atoms with Gasteiger partial charge in [0.05, 0.1) is 21.7 Å². The molecular weight excluding hydrogens is 304 g/mol. The Labute approximate surface area is 130 Å². The highest BCUT2D eigenvalue weighted by Crippen LogP contribution is 2.31. The van der Waals surface area contributed by atoms with E-state index in [1.54, 1.807) is 48.0 Å². The van der Waals surface area contributed by atoms with Gasteiger partial charge in [0.2, 0.25) is 0 Å². The van der Waals surface area contributed by atoms with E-state index in [0.29, 0.717) is 32.5 Å². The minimum atomic E-state index is -0.989. The summed E-state index contributed by atoms with van der Waals surface area (Å²) in [5, 5.41) is 13.6. The molecule has 1 aromatic heterocycles. The van der Waals surface area contributed by atoms with Gasteiger partial charge in [-0.15, -0.1) is 0 Å². The lowest BCUT2D eigenvalue weighted by molar-refractivity contribution is -0.137.